The SMILES string of the molecule is CCN=C(N)N1CCCCc2ccccc21. The molecule has 0 bridgehead atoms. The summed E-state index contributed by atoms with van der Waals surface area (Å²) in [5.41, 5.74) is 8.63. The number of nitrogens with zero attached hydrogens (tertiary/aromatic N) is 2. The number of nitrogens with two attached hydrogens (primary N) is 1. The molecule has 0 atom stereocenters. The molecule has 0 fully saturated rings. The van der Waals surface area contributed by atoms with Gasteiger partial charge in [-0.05, 0) is 37.8 Å². The van der Waals surface area contributed by atoms with Gasteiger partial charge in [0.1, 0.15) is 0 Å². The van der Waals surface area contributed by atoms with Crippen LogP contribution in [0.1, 0.15) is 25.3 Å². The minimum absolute atomic E-state index is 0.650. The Bertz CT molecular complexity index is 385. The molecular formula is C13H19N3. The first-order chi connectivity index (χ1) is 7.83. The maximum Gasteiger partial charge on any atom is 0.195 e. The normalized spacial score (nSPS) is 16.8. The Morgan fingerprint density at radius 1 is 1.38 bits per heavy atom. The Morgan fingerprint density at radius 2 is 2.19 bits per heavy atom. The van der Waals surface area contributed by atoms with Gasteiger partial charge in [-0.1, -0.05) is 18.2 Å². The summed E-state index contributed by atoms with van der Waals surface area (Å²) in [6.07, 6.45) is 3.55. The van der Waals surface area contributed by atoms with Crippen molar-refractivity contribution in [2.45, 2.75) is 26.2 Å². The predicted octanol–water partition coefficient (Wildman–Crippen LogP) is 2.16. The van der Waals surface area contributed by atoms with Crippen molar-refractivity contribution in [3.63, 3.8) is 0 Å². The number of benzene rings is 1. The second kappa shape index (κ2) is 5.01. The quantitative estimate of drug-likeness (QED) is 0.578. The maximum absolute atomic E-state index is 6.02. The van der Waals surface area contributed by atoms with E-state index < -0.39 is 0 Å². The molecule has 2 rings (SSSR count). The highest BCUT2D eigenvalue weighted by Gasteiger charge is 2.16. The number of hydrogen-bond donors (Lipinski definition) is 1. The van der Waals surface area contributed by atoms with Gasteiger partial charge in [-0.15, -0.1) is 0 Å². The number of aryl methyl sites for hydroxylation is 1. The van der Waals surface area contributed by atoms with Gasteiger partial charge in [0.2, 0.25) is 0 Å². The predicted molar refractivity (Wildman–Crippen MR) is 68.9 cm³/mol. The summed E-state index contributed by atoms with van der Waals surface area (Å²) in [5.74, 6) is 0.650. The van der Waals surface area contributed by atoms with Crippen molar-refractivity contribution in [2.24, 2.45) is 10.7 Å². The first-order valence-electron chi connectivity index (χ1n) is 5.98. The van der Waals surface area contributed by atoms with Gasteiger partial charge in [-0.2, -0.15) is 0 Å². The van der Waals surface area contributed by atoms with Crippen LogP contribution >= 0.6 is 0 Å². The van der Waals surface area contributed by atoms with Crippen LogP contribution in [0.5, 0.6) is 0 Å². The van der Waals surface area contributed by atoms with Crippen LogP contribution in [0.4, 0.5) is 5.69 Å². The van der Waals surface area contributed by atoms with Crippen LogP contribution in [-0.4, -0.2) is 19.0 Å². The van der Waals surface area contributed by atoms with Gasteiger partial charge < -0.3 is 10.6 Å². The molecule has 0 aliphatic carbocycles. The molecule has 1 heterocycles. The standard InChI is InChI=1S/C13H19N3/c1-2-15-13(14)16-10-6-5-8-11-7-3-4-9-12(11)16/h3-4,7,9H,2,5-6,8,10H2,1H3,(H2,14,15). The average Bonchev–Trinajstić information content (AvgIpc) is 2.51. The fourth-order valence-corrected chi connectivity index (χ4v) is 2.18. The van der Waals surface area contributed by atoms with Crippen molar-refractivity contribution in [3.8, 4) is 0 Å². The molecule has 0 saturated heterocycles. The number of rotatable bonds is 1. The monoisotopic (exact) mass is 217 g/mol. The Kier molecular flexibility index (Phi) is 3.44. The topological polar surface area (TPSA) is 41.6 Å². The lowest BCUT2D eigenvalue weighted by Crippen LogP contribution is -2.38. The fraction of sp³-hybridized carbons (Fsp3) is 0.462. The summed E-state index contributed by atoms with van der Waals surface area (Å²) >= 11 is 0. The number of aliphatic imine (C=N–C) groups is 1. The van der Waals surface area contributed by atoms with E-state index in [2.05, 4.69) is 34.2 Å². The molecule has 1 aromatic carbocycles. The third-order valence-electron chi connectivity index (χ3n) is 2.96. The van der Waals surface area contributed by atoms with E-state index in [9.17, 15) is 0 Å². The maximum atomic E-state index is 6.02. The van der Waals surface area contributed by atoms with Crippen LogP contribution in [0.3, 0.4) is 0 Å². The zero-order chi connectivity index (χ0) is 11.4. The summed E-state index contributed by atoms with van der Waals surface area (Å²) in [7, 11) is 0. The molecule has 2 N–H and O–H groups in total. The van der Waals surface area contributed by atoms with Crippen LogP contribution in [-0.2, 0) is 6.42 Å². The highest BCUT2D eigenvalue weighted by molar-refractivity contribution is 5.95. The molecule has 0 unspecified atom stereocenters. The largest absolute Gasteiger partial charge is 0.370 e. The lowest BCUT2D eigenvalue weighted by Gasteiger charge is -2.23. The third kappa shape index (κ3) is 2.18. The molecule has 0 saturated carbocycles. The number of guanidine groups is 1. The summed E-state index contributed by atoms with van der Waals surface area (Å²) in [4.78, 5) is 6.45. The first kappa shape index (κ1) is 11.0. The van der Waals surface area contributed by atoms with Gasteiger partial charge in [0, 0.05) is 18.8 Å². The number of anilines is 1. The molecule has 1 aliphatic heterocycles. The van der Waals surface area contributed by atoms with Gasteiger partial charge in [0.15, 0.2) is 5.96 Å². The molecule has 3 heteroatoms. The van der Waals surface area contributed by atoms with Crippen molar-refractivity contribution in [1.82, 2.24) is 0 Å². The molecule has 0 spiro atoms. The molecule has 16 heavy (non-hydrogen) atoms. The highest BCUT2D eigenvalue weighted by Crippen LogP contribution is 2.25. The van der Waals surface area contributed by atoms with Crippen LogP contribution in [0.2, 0.25) is 0 Å². The second-order valence-electron chi connectivity index (χ2n) is 4.07. The zero-order valence-corrected chi connectivity index (χ0v) is 9.82. The van der Waals surface area contributed by atoms with E-state index in [4.69, 9.17) is 5.73 Å². The van der Waals surface area contributed by atoms with Gasteiger partial charge >= 0.3 is 0 Å². The van der Waals surface area contributed by atoms with Crippen molar-refractivity contribution in [1.29, 1.82) is 0 Å². The smallest absolute Gasteiger partial charge is 0.195 e. The first-order valence-corrected chi connectivity index (χ1v) is 5.98. The summed E-state index contributed by atoms with van der Waals surface area (Å²) in [6, 6.07) is 8.48. The lowest BCUT2D eigenvalue weighted by molar-refractivity contribution is 0.764. The Labute approximate surface area is 97.0 Å². The Hall–Kier alpha value is -1.51. The van der Waals surface area contributed by atoms with Gasteiger partial charge in [0.25, 0.3) is 0 Å². The van der Waals surface area contributed by atoms with Gasteiger partial charge in [-0.25, -0.2) is 0 Å². The number of hydrogen-bond acceptors (Lipinski definition) is 1. The average molecular weight is 217 g/mol. The molecule has 86 valence electrons. The Morgan fingerprint density at radius 3 is 3.00 bits per heavy atom. The van der Waals surface area contributed by atoms with E-state index in [1.54, 1.807) is 0 Å². The van der Waals surface area contributed by atoms with Crippen LogP contribution < -0.4 is 10.6 Å². The molecule has 0 amide bonds. The van der Waals surface area contributed by atoms with Crippen LogP contribution in [0.15, 0.2) is 29.3 Å². The van der Waals surface area contributed by atoms with Crippen LogP contribution in [0.25, 0.3) is 0 Å². The van der Waals surface area contributed by atoms with Crippen molar-refractivity contribution in [3.05, 3.63) is 29.8 Å². The van der Waals surface area contributed by atoms with E-state index in [0.29, 0.717) is 5.96 Å². The minimum atomic E-state index is 0.650. The summed E-state index contributed by atoms with van der Waals surface area (Å²) in [6.45, 7) is 3.73. The van der Waals surface area contributed by atoms with Crippen molar-refractivity contribution in [2.75, 3.05) is 18.0 Å². The van der Waals surface area contributed by atoms with E-state index >= 15 is 0 Å². The number of fused-ring (bicyclic) bond motifs is 1. The minimum Gasteiger partial charge on any atom is -0.370 e. The summed E-state index contributed by atoms with van der Waals surface area (Å²) < 4.78 is 0. The zero-order valence-electron chi connectivity index (χ0n) is 9.82. The third-order valence-corrected chi connectivity index (χ3v) is 2.96. The van der Waals surface area contributed by atoms with Crippen molar-refractivity contribution >= 4 is 11.6 Å². The molecule has 0 radical (unpaired) electrons. The van der Waals surface area contributed by atoms with Gasteiger partial charge in [0.05, 0.1) is 0 Å². The molecular weight excluding hydrogens is 198 g/mol. The summed E-state index contributed by atoms with van der Waals surface area (Å²) in [5, 5.41) is 0. The van der Waals surface area contributed by atoms with Gasteiger partial charge in [-0.3, -0.25) is 4.99 Å². The number of para-hydroxylation sites is 1. The molecule has 0 aromatic heterocycles. The lowest BCUT2D eigenvalue weighted by atomic mass is 10.1. The van der Waals surface area contributed by atoms with E-state index in [1.165, 1.54) is 24.1 Å². The van der Waals surface area contributed by atoms with E-state index in [1.807, 2.05) is 6.92 Å². The van der Waals surface area contributed by atoms with E-state index in [-0.39, 0.29) is 0 Å². The Balaban J connectivity index is 2.36. The molecule has 1 aliphatic rings. The fourth-order valence-electron chi connectivity index (χ4n) is 2.18. The van der Waals surface area contributed by atoms with Crippen LogP contribution in [0, 0.1) is 0 Å². The van der Waals surface area contributed by atoms with E-state index in [0.717, 1.165) is 19.5 Å². The second-order valence-corrected chi connectivity index (χ2v) is 4.07. The highest BCUT2D eigenvalue weighted by atomic mass is 15.3. The van der Waals surface area contributed by atoms with Crippen molar-refractivity contribution < 1.29 is 0 Å². The molecule has 1 aromatic rings. The molecule has 3 nitrogen and oxygen atoms in total.